The molecule has 3 heterocycles. The Hall–Kier alpha value is -3.55. The van der Waals surface area contributed by atoms with Crippen molar-refractivity contribution < 1.29 is 19.2 Å². The fourth-order valence-corrected chi connectivity index (χ4v) is 3.66. The first-order chi connectivity index (χ1) is 14.1. The van der Waals surface area contributed by atoms with Gasteiger partial charge in [-0.15, -0.1) is 0 Å². The van der Waals surface area contributed by atoms with Crippen molar-refractivity contribution >= 4 is 23.6 Å². The highest BCUT2D eigenvalue weighted by molar-refractivity contribution is 6.22. The number of aromatic nitrogens is 1. The van der Waals surface area contributed by atoms with Gasteiger partial charge in [-0.3, -0.25) is 29.1 Å². The first-order valence-corrected chi connectivity index (χ1v) is 9.48. The minimum absolute atomic E-state index is 0.118. The van der Waals surface area contributed by atoms with Gasteiger partial charge in [-0.25, -0.2) is 0 Å². The lowest BCUT2D eigenvalue weighted by atomic mass is 10.1. The number of hydrogen-bond donors (Lipinski definition) is 0. The van der Waals surface area contributed by atoms with Crippen LogP contribution in [0.1, 0.15) is 37.5 Å². The number of fused-ring (bicyclic) bond motifs is 1. The van der Waals surface area contributed by atoms with E-state index in [0.717, 1.165) is 4.90 Å². The van der Waals surface area contributed by atoms with Crippen LogP contribution in [0.25, 0.3) is 0 Å². The number of benzene rings is 1. The van der Waals surface area contributed by atoms with Gasteiger partial charge in [0.1, 0.15) is 6.54 Å². The summed E-state index contributed by atoms with van der Waals surface area (Å²) in [6.07, 6.45) is 3.76. The maximum absolute atomic E-state index is 12.8. The predicted molar refractivity (Wildman–Crippen MR) is 103 cm³/mol. The molecule has 2 aliphatic rings. The van der Waals surface area contributed by atoms with E-state index in [-0.39, 0.29) is 18.4 Å². The summed E-state index contributed by atoms with van der Waals surface area (Å²) in [5, 5.41) is 0. The lowest BCUT2D eigenvalue weighted by Gasteiger charge is -2.24. The third-order valence-electron chi connectivity index (χ3n) is 5.22. The lowest BCUT2D eigenvalue weighted by molar-refractivity contribution is -0.131. The topological polar surface area (TPSA) is 90.9 Å². The summed E-state index contributed by atoms with van der Waals surface area (Å²) in [4.78, 5) is 58.6. The molecule has 2 aromatic rings. The molecule has 0 atom stereocenters. The Morgan fingerprint density at radius 1 is 0.862 bits per heavy atom. The van der Waals surface area contributed by atoms with E-state index in [4.69, 9.17) is 0 Å². The Morgan fingerprint density at radius 3 is 2.17 bits per heavy atom. The molecular formula is C21H20N4O4. The molecule has 148 valence electrons. The normalized spacial score (nSPS) is 16.6. The Kier molecular flexibility index (Phi) is 5.07. The van der Waals surface area contributed by atoms with Crippen molar-refractivity contribution in [3.63, 3.8) is 0 Å². The first-order valence-electron chi connectivity index (χ1n) is 9.48. The summed E-state index contributed by atoms with van der Waals surface area (Å²) in [7, 11) is 0. The van der Waals surface area contributed by atoms with Crippen molar-refractivity contribution in [1.82, 2.24) is 19.7 Å². The zero-order valence-electron chi connectivity index (χ0n) is 15.8. The van der Waals surface area contributed by atoms with Crippen LogP contribution in [-0.4, -0.2) is 76.0 Å². The number of amides is 4. The molecule has 0 N–H and O–H groups in total. The molecule has 0 spiro atoms. The number of carbonyl (C=O) groups is 4. The fraction of sp³-hybridized carbons (Fsp3) is 0.286. The minimum Gasteiger partial charge on any atom is -0.339 e. The smallest absolute Gasteiger partial charge is 0.262 e. The molecular weight excluding hydrogens is 372 g/mol. The molecule has 0 unspecified atom stereocenters. The number of imide groups is 1. The van der Waals surface area contributed by atoms with Crippen LogP contribution in [0.15, 0.2) is 48.8 Å². The van der Waals surface area contributed by atoms with E-state index in [1.165, 1.54) is 6.20 Å². The van der Waals surface area contributed by atoms with Crippen LogP contribution in [0.5, 0.6) is 0 Å². The van der Waals surface area contributed by atoms with E-state index in [1.54, 1.807) is 52.4 Å². The highest BCUT2D eigenvalue weighted by Gasteiger charge is 2.37. The third-order valence-corrected chi connectivity index (χ3v) is 5.22. The number of carbonyl (C=O) groups excluding carboxylic acids is 4. The van der Waals surface area contributed by atoms with Gasteiger partial charge in [0.25, 0.3) is 17.7 Å². The molecule has 8 heteroatoms. The lowest BCUT2D eigenvalue weighted by Crippen LogP contribution is -2.44. The molecule has 0 bridgehead atoms. The maximum atomic E-state index is 12.8. The number of nitrogens with zero attached hydrogens (tertiary/aromatic N) is 4. The van der Waals surface area contributed by atoms with Gasteiger partial charge in [0.2, 0.25) is 5.91 Å². The zero-order chi connectivity index (χ0) is 20.4. The average Bonchev–Trinajstić information content (AvgIpc) is 2.93. The molecule has 8 nitrogen and oxygen atoms in total. The van der Waals surface area contributed by atoms with Crippen molar-refractivity contribution in [2.75, 3.05) is 32.7 Å². The molecule has 29 heavy (non-hydrogen) atoms. The van der Waals surface area contributed by atoms with E-state index >= 15 is 0 Å². The Bertz CT molecular complexity index is 941. The van der Waals surface area contributed by atoms with Crippen LogP contribution in [0, 0.1) is 0 Å². The van der Waals surface area contributed by atoms with Crippen LogP contribution in [0.2, 0.25) is 0 Å². The molecule has 1 aromatic carbocycles. The standard InChI is InChI=1S/C21H20N4O4/c26-18(14-25-20(28)16-6-1-2-7-17(16)21(25)29)23-9-4-10-24(12-11-23)19(27)15-5-3-8-22-13-15/h1-3,5-8,13H,4,9-12,14H2. The van der Waals surface area contributed by atoms with Gasteiger partial charge in [-0.05, 0) is 30.7 Å². The van der Waals surface area contributed by atoms with E-state index in [2.05, 4.69) is 4.98 Å². The van der Waals surface area contributed by atoms with E-state index in [1.807, 2.05) is 0 Å². The summed E-state index contributed by atoms with van der Waals surface area (Å²) >= 11 is 0. The summed E-state index contributed by atoms with van der Waals surface area (Å²) in [5.41, 5.74) is 1.17. The average molecular weight is 392 g/mol. The molecule has 0 aliphatic carbocycles. The van der Waals surface area contributed by atoms with Crippen molar-refractivity contribution in [3.05, 3.63) is 65.5 Å². The zero-order valence-corrected chi connectivity index (χ0v) is 15.8. The monoisotopic (exact) mass is 392 g/mol. The number of rotatable bonds is 3. The summed E-state index contributed by atoms with van der Waals surface area (Å²) in [6.45, 7) is 1.46. The molecule has 4 rings (SSSR count). The highest BCUT2D eigenvalue weighted by atomic mass is 16.2. The van der Waals surface area contributed by atoms with Gasteiger partial charge in [-0.1, -0.05) is 12.1 Å². The minimum atomic E-state index is -0.442. The molecule has 1 saturated heterocycles. The molecule has 2 aliphatic heterocycles. The van der Waals surface area contributed by atoms with Gasteiger partial charge < -0.3 is 9.80 Å². The largest absolute Gasteiger partial charge is 0.339 e. The van der Waals surface area contributed by atoms with Crippen LogP contribution in [0.4, 0.5) is 0 Å². The van der Waals surface area contributed by atoms with E-state index in [9.17, 15) is 19.2 Å². The second-order valence-corrected chi connectivity index (χ2v) is 7.01. The molecule has 1 aromatic heterocycles. The van der Waals surface area contributed by atoms with E-state index < -0.39 is 11.8 Å². The highest BCUT2D eigenvalue weighted by Crippen LogP contribution is 2.22. The maximum Gasteiger partial charge on any atom is 0.262 e. The van der Waals surface area contributed by atoms with E-state index in [0.29, 0.717) is 49.3 Å². The van der Waals surface area contributed by atoms with Gasteiger partial charge in [0.05, 0.1) is 16.7 Å². The fourth-order valence-electron chi connectivity index (χ4n) is 3.66. The van der Waals surface area contributed by atoms with Crippen molar-refractivity contribution in [2.45, 2.75) is 6.42 Å². The first kappa shape index (κ1) is 18.8. The Labute approximate surface area is 167 Å². The van der Waals surface area contributed by atoms with Crippen molar-refractivity contribution in [3.8, 4) is 0 Å². The Morgan fingerprint density at radius 2 is 1.52 bits per heavy atom. The Balaban J connectivity index is 1.39. The van der Waals surface area contributed by atoms with Gasteiger partial charge in [0.15, 0.2) is 0 Å². The van der Waals surface area contributed by atoms with Gasteiger partial charge >= 0.3 is 0 Å². The van der Waals surface area contributed by atoms with Crippen LogP contribution >= 0.6 is 0 Å². The summed E-state index contributed by atoms with van der Waals surface area (Å²) in [5.74, 6) is -1.30. The van der Waals surface area contributed by atoms with Crippen LogP contribution in [0.3, 0.4) is 0 Å². The molecule has 0 saturated carbocycles. The van der Waals surface area contributed by atoms with Crippen LogP contribution in [-0.2, 0) is 4.79 Å². The van der Waals surface area contributed by atoms with Crippen molar-refractivity contribution in [1.29, 1.82) is 0 Å². The second kappa shape index (κ2) is 7.83. The molecule has 0 radical (unpaired) electrons. The predicted octanol–water partition coefficient (Wildman–Crippen LogP) is 1.05. The third kappa shape index (κ3) is 3.61. The summed E-state index contributed by atoms with van der Waals surface area (Å²) < 4.78 is 0. The quantitative estimate of drug-likeness (QED) is 0.729. The van der Waals surface area contributed by atoms with Crippen molar-refractivity contribution in [2.24, 2.45) is 0 Å². The summed E-state index contributed by atoms with van der Waals surface area (Å²) in [6, 6.07) is 9.99. The molecule has 1 fully saturated rings. The van der Waals surface area contributed by atoms with Gasteiger partial charge in [-0.2, -0.15) is 0 Å². The number of pyridine rings is 1. The SMILES string of the molecule is O=C(CN1C(=O)c2ccccc2C1=O)N1CCCN(C(=O)c2cccnc2)CC1. The van der Waals surface area contributed by atoms with Crippen LogP contribution < -0.4 is 0 Å². The van der Waals surface area contributed by atoms with Gasteiger partial charge in [0, 0.05) is 38.6 Å². The molecule has 4 amide bonds. The number of hydrogen-bond acceptors (Lipinski definition) is 5. The second-order valence-electron chi connectivity index (χ2n) is 7.01.